The molecule has 7 nitrogen and oxygen atoms in total. The molecule has 3 N–H and O–H groups in total. The van der Waals surface area contributed by atoms with E-state index in [9.17, 15) is 14.4 Å². The largest absolute Gasteiger partial charge is 0.417 e. The van der Waals surface area contributed by atoms with E-state index in [0.717, 1.165) is 0 Å². The highest BCUT2D eigenvalue weighted by Gasteiger charge is 2.09. The molecule has 1 aromatic heterocycles. The van der Waals surface area contributed by atoms with Gasteiger partial charge in [-0.1, -0.05) is 17.7 Å². The highest BCUT2D eigenvalue weighted by atomic mass is 35.5. The molecule has 3 aromatic rings. The Balaban J connectivity index is 1.60. The number of carbonyl (C=O) groups is 2. The van der Waals surface area contributed by atoms with Crippen molar-refractivity contribution in [2.45, 2.75) is 0 Å². The zero-order chi connectivity index (χ0) is 17.1. The topological polar surface area (TPSA) is 104 Å². The van der Waals surface area contributed by atoms with Gasteiger partial charge in [-0.25, -0.2) is 4.79 Å². The molecule has 2 aromatic carbocycles. The van der Waals surface area contributed by atoms with Crippen LogP contribution in [0.25, 0.3) is 11.1 Å². The van der Waals surface area contributed by atoms with Gasteiger partial charge in [-0.3, -0.25) is 14.6 Å². The number of fused-ring (bicyclic) bond motifs is 1. The first-order valence-electron chi connectivity index (χ1n) is 6.98. The van der Waals surface area contributed by atoms with Gasteiger partial charge in [0.15, 0.2) is 5.58 Å². The molecule has 3 rings (SSSR count). The first kappa shape index (κ1) is 15.8. The van der Waals surface area contributed by atoms with E-state index in [2.05, 4.69) is 15.6 Å². The average molecular weight is 346 g/mol. The van der Waals surface area contributed by atoms with Crippen molar-refractivity contribution in [3.8, 4) is 0 Å². The lowest BCUT2D eigenvalue weighted by atomic mass is 10.2. The molecule has 0 unspecified atom stereocenters. The Hall–Kier alpha value is -3.06. The zero-order valence-corrected chi connectivity index (χ0v) is 13.0. The molecule has 0 radical (unpaired) electrons. The van der Waals surface area contributed by atoms with E-state index in [4.69, 9.17) is 16.0 Å². The lowest BCUT2D eigenvalue weighted by Gasteiger charge is -2.07. The summed E-state index contributed by atoms with van der Waals surface area (Å²) in [7, 11) is 0. The first-order chi connectivity index (χ1) is 11.5. The number of hydrogen-bond donors (Lipinski definition) is 3. The number of benzene rings is 2. The number of carbonyl (C=O) groups excluding carboxylic acids is 2. The minimum atomic E-state index is -0.567. The standard InChI is InChI=1S/C16H12ClN3O4/c17-10-3-1-2-9(6-10)15(22)18-8-14(21)19-11-4-5-13-12(7-11)20-16(23)24-13/h1-7H,8H2,(H,18,22)(H,19,21)(H,20,23). The van der Waals surface area contributed by atoms with Crippen molar-refractivity contribution < 1.29 is 14.0 Å². The molecular formula is C16H12ClN3O4. The summed E-state index contributed by atoms with van der Waals surface area (Å²) in [6.07, 6.45) is 0. The second-order valence-electron chi connectivity index (χ2n) is 4.97. The van der Waals surface area contributed by atoms with Crippen LogP contribution in [-0.4, -0.2) is 23.3 Å². The lowest BCUT2D eigenvalue weighted by Crippen LogP contribution is -2.32. The van der Waals surface area contributed by atoms with Gasteiger partial charge >= 0.3 is 5.76 Å². The van der Waals surface area contributed by atoms with Gasteiger partial charge in [0, 0.05) is 16.3 Å². The fourth-order valence-corrected chi connectivity index (χ4v) is 2.32. The number of amides is 2. The number of anilines is 1. The normalized spacial score (nSPS) is 10.5. The highest BCUT2D eigenvalue weighted by molar-refractivity contribution is 6.31. The van der Waals surface area contributed by atoms with Gasteiger partial charge in [0.1, 0.15) is 0 Å². The van der Waals surface area contributed by atoms with E-state index in [1.165, 1.54) is 6.07 Å². The minimum absolute atomic E-state index is 0.203. The van der Waals surface area contributed by atoms with Crippen molar-refractivity contribution in [1.82, 2.24) is 10.3 Å². The first-order valence-corrected chi connectivity index (χ1v) is 7.35. The van der Waals surface area contributed by atoms with Crippen LogP contribution in [0.2, 0.25) is 5.02 Å². The quantitative estimate of drug-likeness (QED) is 0.673. The minimum Gasteiger partial charge on any atom is -0.408 e. The van der Waals surface area contributed by atoms with Crippen LogP contribution in [0.1, 0.15) is 10.4 Å². The van der Waals surface area contributed by atoms with E-state index >= 15 is 0 Å². The summed E-state index contributed by atoms with van der Waals surface area (Å²) in [6, 6.07) is 11.1. The highest BCUT2D eigenvalue weighted by Crippen LogP contribution is 2.16. The van der Waals surface area contributed by atoms with Crippen molar-refractivity contribution in [3.63, 3.8) is 0 Å². The molecule has 24 heavy (non-hydrogen) atoms. The fourth-order valence-electron chi connectivity index (χ4n) is 2.13. The molecule has 8 heteroatoms. The second-order valence-corrected chi connectivity index (χ2v) is 5.40. The molecule has 0 atom stereocenters. The van der Waals surface area contributed by atoms with Crippen molar-refractivity contribution in [2.24, 2.45) is 0 Å². The summed E-state index contributed by atoms with van der Waals surface area (Å²) < 4.78 is 4.87. The SMILES string of the molecule is O=C(CNC(=O)c1cccc(Cl)c1)Nc1ccc2oc(=O)[nH]c2c1. The Labute approximate surface area is 140 Å². The Morgan fingerprint density at radius 2 is 2.00 bits per heavy atom. The van der Waals surface area contributed by atoms with Crippen LogP contribution >= 0.6 is 11.6 Å². The van der Waals surface area contributed by atoms with Gasteiger partial charge in [-0.2, -0.15) is 0 Å². The molecule has 0 fully saturated rings. The van der Waals surface area contributed by atoms with Gasteiger partial charge < -0.3 is 15.1 Å². The maximum atomic E-state index is 11.9. The van der Waals surface area contributed by atoms with E-state index in [-0.39, 0.29) is 6.54 Å². The van der Waals surface area contributed by atoms with Crippen LogP contribution < -0.4 is 16.4 Å². The third kappa shape index (κ3) is 3.64. The monoisotopic (exact) mass is 345 g/mol. The van der Waals surface area contributed by atoms with Gasteiger partial charge in [-0.05, 0) is 36.4 Å². The molecule has 122 valence electrons. The molecule has 0 bridgehead atoms. The molecular weight excluding hydrogens is 334 g/mol. The Bertz CT molecular complexity index is 977. The number of aromatic nitrogens is 1. The van der Waals surface area contributed by atoms with Gasteiger partial charge in [0.2, 0.25) is 5.91 Å². The zero-order valence-electron chi connectivity index (χ0n) is 12.3. The Morgan fingerprint density at radius 1 is 1.17 bits per heavy atom. The van der Waals surface area contributed by atoms with Crippen LogP contribution in [0.3, 0.4) is 0 Å². The van der Waals surface area contributed by atoms with Crippen molar-refractivity contribution in [2.75, 3.05) is 11.9 Å². The number of hydrogen-bond acceptors (Lipinski definition) is 4. The summed E-state index contributed by atoms with van der Waals surface area (Å²) >= 11 is 5.82. The van der Waals surface area contributed by atoms with Crippen molar-refractivity contribution >= 4 is 40.2 Å². The molecule has 0 spiro atoms. The average Bonchev–Trinajstić information content (AvgIpc) is 2.92. The van der Waals surface area contributed by atoms with Crippen LogP contribution in [0, 0.1) is 0 Å². The lowest BCUT2D eigenvalue weighted by molar-refractivity contribution is -0.115. The molecule has 1 heterocycles. The van der Waals surface area contributed by atoms with E-state index in [1.807, 2.05) is 0 Å². The van der Waals surface area contributed by atoms with Crippen LogP contribution in [0.15, 0.2) is 51.7 Å². The number of rotatable bonds is 4. The summed E-state index contributed by atoms with van der Waals surface area (Å²) in [5.41, 5.74) is 1.71. The number of halogens is 1. The summed E-state index contributed by atoms with van der Waals surface area (Å²) in [4.78, 5) is 37.4. The van der Waals surface area contributed by atoms with Crippen LogP contribution in [-0.2, 0) is 4.79 Å². The molecule has 0 aliphatic rings. The third-order valence-corrected chi connectivity index (χ3v) is 3.43. The number of nitrogens with one attached hydrogen (secondary N) is 3. The van der Waals surface area contributed by atoms with Gasteiger partial charge in [0.25, 0.3) is 5.91 Å². The third-order valence-electron chi connectivity index (χ3n) is 3.20. The second kappa shape index (κ2) is 6.59. The number of H-pyrrole nitrogens is 1. The predicted octanol–water partition coefficient (Wildman–Crippen LogP) is 2.14. The van der Waals surface area contributed by atoms with Gasteiger partial charge in [0.05, 0.1) is 12.1 Å². The summed E-state index contributed by atoms with van der Waals surface area (Å²) in [5, 5.41) is 5.56. The van der Waals surface area contributed by atoms with Crippen LogP contribution in [0.5, 0.6) is 0 Å². The predicted molar refractivity (Wildman–Crippen MR) is 89.2 cm³/mol. The Kier molecular flexibility index (Phi) is 4.35. The van der Waals surface area contributed by atoms with Crippen molar-refractivity contribution in [1.29, 1.82) is 0 Å². The maximum absolute atomic E-state index is 11.9. The molecule has 0 saturated carbocycles. The molecule has 2 amide bonds. The summed E-state index contributed by atoms with van der Waals surface area (Å²) in [6.45, 7) is -0.203. The van der Waals surface area contributed by atoms with E-state index < -0.39 is 17.6 Å². The smallest absolute Gasteiger partial charge is 0.408 e. The summed E-state index contributed by atoms with van der Waals surface area (Å²) in [5.74, 6) is -1.37. The molecule has 0 aliphatic heterocycles. The number of oxazole rings is 1. The van der Waals surface area contributed by atoms with Crippen LogP contribution in [0.4, 0.5) is 5.69 Å². The molecule has 0 saturated heterocycles. The fraction of sp³-hybridized carbons (Fsp3) is 0.0625. The van der Waals surface area contributed by atoms with Crippen molar-refractivity contribution in [3.05, 3.63) is 63.6 Å². The Morgan fingerprint density at radius 3 is 2.79 bits per heavy atom. The van der Waals surface area contributed by atoms with Gasteiger partial charge in [-0.15, -0.1) is 0 Å². The number of aromatic amines is 1. The van der Waals surface area contributed by atoms with E-state index in [0.29, 0.717) is 27.4 Å². The maximum Gasteiger partial charge on any atom is 0.417 e. The molecule has 0 aliphatic carbocycles. The van der Waals surface area contributed by atoms with E-state index in [1.54, 1.807) is 36.4 Å².